The molecular weight excluding hydrogens is 644 g/mol. The maximum atomic E-state index is 13.2. The molecule has 0 aromatic heterocycles. The molecular formula is C30H21F6N3O8. The molecule has 1 heterocycles. The number of nitrogens with one attached hydrogen (secondary N) is 2. The van der Waals surface area contributed by atoms with Gasteiger partial charge in [0, 0.05) is 0 Å². The molecule has 1 unspecified atom stereocenters. The van der Waals surface area contributed by atoms with E-state index >= 15 is 0 Å². The monoisotopic (exact) mass is 665 g/mol. The van der Waals surface area contributed by atoms with Gasteiger partial charge < -0.3 is 20.1 Å². The molecule has 1 atom stereocenters. The molecule has 47 heavy (non-hydrogen) atoms. The fourth-order valence-corrected chi connectivity index (χ4v) is 4.37. The van der Waals surface area contributed by atoms with Crippen LogP contribution in [0.15, 0.2) is 66.7 Å². The molecule has 3 aromatic rings. The molecule has 0 bridgehead atoms. The maximum Gasteiger partial charge on any atom is 0.418 e. The van der Waals surface area contributed by atoms with Crippen LogP contribution in [0, 0.1) is 0 Å². The second-order valence-electron chi connectivity index (χ2n) is 9.78. The summed E-state index contributed by atoms with van der Waals surface area (Å²) < 4.78 is 88.5. The third-order valence-corrected chi connectivity index (χ3v) is 6.58. The lowest BCUT2D eigenvalue weighted by molar-refractivity contribution is -0.150. The Labute approximate surface area is 260 Å². The molecule has 3 aromatic carbocycles. The van der Waals surface area contributed by atoms with Crippen LogP contribution in [0.1, 0.15) is 49.1 Å². The van der Waals surface area contributed by atoms with Gasteiger partial charge in [-0.15, -0.1) is 0 Å². The topological polar surface area (TPSA) is 148 Å². The van der Waals surface area contributed by atoms with Crippen LogP contribution < -0.4 is 10.6 Å². The SMILES string of the molecule is CC(C(=O)OCC(=O)Nc1ccccc1C(F)(F)F)N1C(=O)c2ccc(C(=O)OCC(=O)Nc3ccccc3C(F)(F)F)cc2C1=O. The Balaban J connectivity index is 1.35. The number of rotatable bonds is 9. The van der Waals surface area contributed by atoms with Crippen LogP contribution in [0.2, 0.25) is 0 Å². The summed E-state index contributed by atoms with van der Waals surface area (Å²) in [6, 6.07) is 9.65. The van der Waals surface area contributed by atoms with E-state index in [4.69, 9.17) is 9.47 Å². The van der Waals surface area contributed by atoms with Gasteiger partial charge in [-0.25, -0.2) is 9.59 Å². The zero-order valence-corrected chi connectivity index (χ0v) is 23.8. The van der Waals surface area contributed by atoms with Crippen LogP contribution >= 0.6 is 0 Å². The number of ether oxygens (including phenoxy) is 2. The highest BCUT2D eigenvalue weighted by atomic mass is 19.4. The Bertz CT molecular complexity index is 1770. The summed E-state index contributed by atoms with van der Waals surface area (Å²) in [5.41, 5.74) is -4.31. The minimum absolute atomic E-state index is 0.228. The van der Waals surface area contributed by atoms with Gasteiger partial charge >= 0.3 is 24.3 Å². The number of para-hydroxylation sites is 2. The van der Waals surface area contributed by atoms with Crippen LogP contribution in [0.25, 0.3) is 0 Å². The molecule has 4 rings (SSSR count). The Kier molecular flexibility index (Phi) is 9.67. The first-order valence-corrected chi connectivity index (χ1v) is 13.3. The minimum atomic E-state index is -4.78. The number of carbonyl (C=O) groups is 6. The maximum absolute atomic E-state index is 13.2. The van der Waals surface area contributed by atoms with E-state index in [0.29, 0.717) is 4.90 Å². The fraction of sp³-hybridized carbons (Fsp3) is 0.200. The zero-order valence-electron chi connectivity index (χ0n) is 23.8. The molecule has 17 heteroatoms. The molecule has 4 amide bonds. The van der Waals surface area contributed by atoms with Crippen molar-refractivity contribution in [3.05, 3.63) is 94.5 Å². The van der Waals surface area contributed by atoms with E-state index < -0.39 is 89.7 Å². The number of hydrogen-bond acceptors (Lipinski definition) is 8. The average Bonchev–Trinajstić information content (AvgIpc) is 3.26. The van der Waals surface area contributed by atoms with Gasteiger partial charge in [-0.2, -0.15) is 26.3 Å². The number of alkyl halides is 6. The molecule has 2 N–H and O–H groups in total. The number of fused-ring (bicyclic) bond motifs is 1. The lowest BCUT2D eigenvalue weighted by Gasteiger charge is -2.21. The summed E-state index contributed by atoms with van der Waals surface area (Å²) >= 11 is 0. The summed E-state index contributed by atoms with van der Waals surface area (Å²) in [5, 5.41) is 3.96. The largest absolute Gasteiger partial charge is 0.454 e. The van der Waals surface area contributed by atoms with Gasteiger partial charge in [0.1, 0.15) is 6.04 Å². The number of amides is 4. The first-order chi connectivity index (χ1) is 22.0. The van der Waals surface area contributed by atoms with E-state index in [1.807, 2.05) is 10.6 Å². The van der Waals surface area contributed by atoms with Gasteiger partial charge in [-0.3, -0.25) is 24.1 Å². The van der Waals surface area contributed by atoms with Gasteiger partial charge in [0.15, 0.2) is 13.2 Å². The molecule has 0 fully saturated rings. The van der Waals surface area contributed by atoms with Crippen molar-refractivity contribution in [1.29, 1.82) is 0 Å². The Hall–Kier alpha value is -5.74. The average molecular weight is 665 g/mol. The summed E-state index contributed by atoms with van der Waals surface area (Å²) in [7, 11) is 0. The number of benzene rings is 3. The van der Waals surface area contributed by atoms with Crippen LogP contribution in [-0.4, -0.2) is 59.7 Å². The first-order valence-electron chi connectivity index (χ1n) is 13.3. The zero-order chi connectivity index (χ0) is 34.7. The first kappa shape index (κ1) is 34.1. The molecule has 0 spiro atoms. The van der Waals surface area contributed by atoms with Gasteiger partial charge in [-0.1, -0.05) is 24.3 Å². The highest BCUT2D eigenvalue weighted by Crippen LogP contribution is 2.35. The van der Waals surface area contributed by atoms with Crippen molar-refractivity contribution < 1.29 is 64.6 Å². The number of imide groups is 1. The highest BCUT2D eigenvalue weighted by molar-refractivity contribution is 6.23. The lowest BCUT2D eigenvalue weighted by Crippen LogP contribution is -2.44. The summed E-state index contributed by atoms with van der Waals surface area (Å²) in [6.07, 6.45) is -9.55. The third-order valence-electron chi connectivity index (χ3n) is 6.58. The van der Waals surface area contributed by atoms with Crippen molar-refractivity contribution in [2.24, 2.45) is 0 Å². The number of carbonyl (C=O) groups excluding carboxylic acids is 6. The number of hydrogen-bond donors (Lipinski definition) is 2. The second-order valence-corrected chi connectivity index (χ2v) is 9.78. The van der Waals surface area contributed by atoms with Crippen molar-refractivity contribution in [2.45, 2.75) is 25.3 Å². The van der Waals surface area contributed by atoms with Gasteiger partial charge in [0.05, 0.1) is 39.2 Å². The van der Waals surface area contributed by atoms with E-state index in [-0.39, 0.29) is 16.7 Å². The molecule has 0 saturated carbocycles. The predicted octanol–water partition coefficient (Wildman–Crippen LogP) is 4.69. The van der Waals surface area contributed by atoms with Gasteiger partial charge in [-0.05, 0) is 49.4 Å². The molecule has 1 aliphatic heterocycles. The van der Waals surface area contributed by atoms with Crippen LogP contribution in [-0.2, 0) is 36.2 Å². The predicted molar refractivity (Wildman–Crippen MR) is 148 cm³/mol. The number of nitrogens with zero attached hydrogens (tertiary/aromatic N) is 1. The quantitative estimate of drug-likeness (QED) is 0.190. The van der Waals surface area contributed by atoms with Crippen molar-refractivity contribution in [3.8, 4) is 0 Å². The third kappa shape index (κ3) is 7.74. The van der Waals surface area contributed by atoms with Crippen molar-refractivity contribution in [2.75, 3.05) is 23.8 Å². The van der Waals surface area contributed by atoms with E-state index in [1.165, 1.54) is 12.1 Å². The Morgan fingerprint density at radius 2 is 1.17 bits per heavy atom. The van der Waals surface area contributed by atoms with E-state index in [0.717, 1.165) is 61.5 Å². The summed E-state index contributed by atoms with van der Waals surface area (Å²) in [5.74, 6) is -6.67. The van der Waals surface area contributed by atoms with E-state index in [2.05, 4.69) is 0 Å². The second kappa shape index (κ2) is 13.3. The molecule has 246 valence electrons. The summed E-state index contributed by atoms with van der Waals surface area (Å²) in [6.45, 7) is -0.963. The highest BCUT2D eigenvalue weighted by Gasteiger charge is 2.42. The number of anilines is 2. The summed E-state index contributed by atoms with van der Waals surface area (Å²) in [4.78, 5) is 75.8. The fourth-order valence-electron chi connectivity index (χ4n) is 4.37. The number of halogens is 6. The Morgan fingerprint density at radius 3 is 1.68 bits per heavy atom. The minimum Gasteiger partial charge on any atom is -0.454 e. The number of esters is 2. The smallest absolute Gasteiger partial charge is 0.418 e. The van der Waals surface area contributed by atoms with Crippen molar-refractivity contribution in [1.82, 2.24) is 4.90 Å². The Morgan fingerprint density at radius 1 is 0.702 bits per heavy atom. The molecule has 0 radical (unpaired) electrons. The molecule has 0 saturated heterocycles. The molecule has 0 aliphatic carbocycles. The molecule has 1 aliphatic rings. The van der Waals surface area contributed by atoms with Gasteiger partial charge in [0.2, 0.25) is 0 Å². The van der Waals surface area contributed by atoms with Gasteiger partial charge in [0.25, 0.3) is 23.6 Å². The van der Waals surface area contributed by atoms with E-state index in [9.17, 15) is 55.1 Å². The van der Waals surface area contributed by atoms with Crippen LogP contribution in [0.4, 0.5) is 37.7 Å². The standard InChI is InChI=1S/C30H21F6N3O8/c1-15(27(44)46-13-23(40)37-21-8-4-2-6-19(21)29(31,32)33)39-25(42)17-11-10-16(12-18(17)26(39)43)28(45)47-14-24(41)38-22-9-5-3-7-20(22)30(34,35)36/h2-12,15H,13-14H2,1H3,(H,37,40)(H,38,41). The van der Waals surface area contributed by atoms with Crippen molar-refractivity contribution >= 4 is 46.9 Å². The lowest BCUT2D eigenvalue weighted by atomic mass is 10.1. The molecule has 11 nitrogen and oxygen atoms in total. The van der Waals surface area contributed by atoms with Crippen molar-refractivity contribution in [3.63, 3.8) is 0 Å². The van der Waals surface area contributed by atoms with E-state index in [1.54, 1.807) is 0 Å². The van der Waals surface area contributed by atoms with Crippen LogP contribution in [0.3, 0.4) is 0 Å². The normalized spacial score (nSPS) is 13.5. The van der Waals surface area contributed by atoms with Crippen LogP contribution in [0.5, 0.6) is 0 Å².